The first-order chi connectivity index (χ1) is 13.2. The minimum Gasteiger partial charge on any atom is -0.480 e. The molecule has 29 heavy (non-hydrogen) atoms. The van der Waals surface area contributed by atoms with Crippen LogP contribution in [0.1, 0.15) is 73.1 Å². The SMILES string of the molecule is CC12CC3CC(C)(C1)CC(NC(=O)OC[C@H](NC(=O)OC(C)(C)C)C(=O)O)(C3)C2. The molecule has 4 rings (SSSR count). The maximum atomic E-state index is 12.5. The van der Waals surface area contributed by atoms with E-state index in [0.29, 0.717) is 5.92 Å². The minimum atomic E-state index is -1.37. The highest BCUT2D eigenvalue weighted by atomic mass is 16.6. The molecule has 0 radical (unpaired) electrons. The fourth-order valence-electron chi connectivity index (χ4n) is 6.62. The van der Waals surface area contributed by atoms with E-state index >= 15 is 0 Å². The Labute approximate surface area is 172 Å². The van der Waals surface area contributed by atoms with Crippen LogP contribution in [0.5, 0.6) is 0 Å². The lowest BCUT2D eigenvalue weighted by atomic mass is 9.43. The van der Waals surface area contributed by atoms with Gasteiger partial charge in [0.05, 0.1) is 0 Å². The van der Waals surface area contributed by atoms with Crippen molar-refractivity contribution in [3.63, 3.8) is 0 Å². The summed E-state index contributed by atoms with van der Waals surface area (Å²) in [7, 11) is 0. The Morgan fingerprint density at radius 2 is 1.62 bits per heavy atom. The zero-order valence-corrected chi connectivity index (χ0v) is 18.1. The van der Waals surface area contributed by atoms with E-state index in [1.165, 1.54) is 19.3 Å². The largest absolute Gasteiger partial charge is 0.480 e. The van der Waals surface area contributed by atoms with Crippen LogP contribution in [0.25, 0.3) is 0 Å². The third-order valence-corrected chi connectivity index (χ3v) is 6.36. The summed E-state index contributed by atoms with van der Waals surface area (Å²) in [6.07, 6.45) is 4.93. The van der Waals surface area contributed by atoms with Gasteiger partial charge in [0.2, 0.25) is 0 Å². The van der Waals surface area contributed by atoms with E-state index in [0.717, 1.165) is 19.3 Å². The van der Waals surface area contributed by atoms with Crippen molar-refractivity contribution in [1.82, 2.24) is 10.6 Å². The molecule has 164 valence electrons. The summed E-state index contributed by atoms with van der Waals surface area (Å²) >= 11 is 0. The molecular formula is C21H34N2O6. The molecule has 0 aromatic heterocycles. The Balaban J connectivity index is 1.56. The average Bonchev–Trinajstić information content (AvgIpc) is 2.44. The van der Waals surface area contributed by atoms with Gasteiger partial charge in [-0.15, -0.1) is 0 Å². The second-order valence-corrected chi connectivity index (χ2v) is 11.2. The van der Waals surface area contributed by atoms with Crippen molar-refractivity contribution in [2.45, 2.75) is 90.3 Å². The van der Waals surface area contributed by atoms with Gasteiger partial charge in [0.1, 0.15) is 12.2 Å². The van der Waals surface area contributed by atoms with Crippen LogP contribution in [0.4, 0.5) is 9.59 Å². The fraction of sp³-hybridized carbons (Fsp3) is 0.857. The van der Waals surface area contributed by atoms with E-state index in [-0.39, 0.29) is 16.4 Å². The number of nitrogens with one attached hydrogen (secondary N) is 2. The van der Waals surface area contributed by atoms with Gasteiger partial charge in [0.25, 0.3) is 0 Å². The lowest BCUT2D eigenvalue weighted by Crippen LogP contribution is -2.65. The summed E-state index contributed by atoms with van der Waals surface area (Å²) in [6, 6.07) is -1.37. The third-order valence-electron chi connectivity index (χ3n) is 6.36. The number of rotatable bonds is 5. The number of hydrogen-bond donors (Lipinski definition) is 3. The number of amides is 2. The van der Waals surface area contributed by atoms with Crippen LogP contribution in [-0.2, 0) is 14.3 Å². The number of hydrogen-bond acceptors (Lipinski definition) is 5. The van der Waals surface area contributed by atoms with Crippen molar-refractivity contribution < 1.29 is 29.0 Å². The summed E-state index contributed by atoms with van der Waals surface area (Å²) in [5.41, 5.74) is -0.556. The molecule has 2 amide bonds. The van der Waals surface area contributed by atoms with Gasteiger partial charge in [-0.25, -0.2) is 14.4 Å². The van der Waals surface area contributed by atoms with E-state index in [9.17, 15) is 19.5 Å². The Morgan fingerprint density at radius 3 is 2.10 bits per heavy atom. The van der Waals surface area contributed by atoms with Crippen molar-refractivity contribution in [3.05, 3.63) is 0 Å². The number of carbonyl (C=O) groups excluding carboxylic acids is 2. The molecule has 0 heterocycles. The van der Waals surface area contributed by atoms with E-state index in [1.807, 2.05) is 0 Å². The lowest BCUT2D eigenvalue weighted by molar-refractivity contribution is -0.140. The fourth-order valence-corrected chi connectivity index (χ4v) is 6.62. The van der Waals surface area contributed by atoms with Crippen LogP contribution in [0.2, 0.25) is 0 Å². The van der Waals surface area contributed by atoms with E-state index in [2.05, 4.69) is 24.5 Å². The summed E-state index contributed by atoms with van der Waals surface area (Å²) in [5.74, 6) is -0.680. The van der Waals surface area contributed by atoms with Gasteiger partial charge in [-0.1, -0.05) is 13.8 Å². The maximum Gasteiger partial charge on any atom is 0.408 e. The molecule has 4 bridgehead atoms. The number of ether oxygens (including phenoxy) is 2. The first-order valence-corrected chi connectivity index (χ1v) is 10.4. The quantitative estimate of drug-likeness (QED) is 0.640. The van der Waals surface area contributed by atoms with Gasteiger partial charge in [0.15, 0.2) is 6.04 Å². The first-order valence-electron chi connectivity index (χ1n) is 10.4. The Hall–Kier alpha value is -1.99. The molecule has 0 aromatic carbocycles. The van der Waals surface area contributed by atoms with Crippen LogP contribution < -0.4 is 10.6 Å². The van der Waals surface area contributed by atoms with Crippen molar-refractivity contribution in [1.29, 1.82) is 0 Å². The molecule has 8 heteroatoms. The van der Waals surface area contributed by atoms with Crippen LogP contribution in [0.3, 0.4) is 0 Å². The van der Waals surface area contributed by atoms with E-state index in [1.54, 1.807) is 20.8 Å². The molecule has 0 saturated heterocycles. The third kappa shape index (κ3) is 5.14. The number of aliphatic carboxylic acids is 1. The minimum absolute atomic E-state index is 0.239. The van der Waals surface area contributed by atoms with E-state index in [4.69, 9.17) is 9.47 Å². The summed E-state index contributed by atoms with van der Waals surface area (Å²) in [6.45, 7) is 9.19. The van der Waals surface area contributed by atoms with Crippen LogP contribution in [0, 0.1) is 16.7 Å². The standard InChI is InChI=1S/C21H34N2O6/c1-18(2,3)29-16(26)22-14(15(24)25)9-28-17(27)23-21-8-13-6-19(4,11-21)10-20(5,7-13)12-21/h13-14H,6-12H2,1-5H3,(H,22,26)(H,23,27)(H,24,25)/t13?,14-,19?,20?,21?/m0/s1. The van der Waals surface area contributed by atoms with Crippen LogP contribution in [-0.4, -0.2) is 47.1 Å². The number of alkyl carbamates (subject to hydrolysis) is 2. The zero-order valence-electron chi connectivity index (χ0n) is 18.1. The molecule has 4 fully saturated rings. The van der Waals surface area contributed by atoms with Crippen molar-refractivity contribution >= 4 is 18.2 Å². The predicted molar refractivity (Wildman–Crippen MR) is 105 cm³/mol. The molecule has 4 saturated carbocycles. The monoisotopic (exact) mass is 410 g/mol. The molecule has 4 aliphatic rings. The van der Waals surface area contributed by atoms with Crippen molar-refractivity contribution in [2.24, 2.45) is 16.7 Å². The number of carboxylic acids is 1. The van der Waals surface area contributed by atoms with E-state index < -0.39 is 36.4 Å². The van der Waals surface area contributed by atoms with Crippen molar-refractivity contribution in [2.75, 3.05) is 6.61 Å². The molecule has 3 atom stereocenters. The first kappa shape index (κ1) is 21.7. The molecule has 0 aromatic rings. The number of carboxylic acid groups (broad SMARTS) is 1. The second-order valence-electron chi connectivity index (χ2n) is 11.2. The Bertz CT molecular complexity index is 682. The molecule has 0 aliphatic heterocycles. The molecular weight excluding hydrogens is 376 g/mol. The predicted octanol–water partition coefficient (Wildman–Crippen LogP) is 3.44. The lowest BCUT2D eigenvalue weighted by Gasteiger charge is -2.65. The Kier molecular flexibility index (Phi) is 5.28. The maximum absolute atomic E-state index is 12.5. The molecule has 0 spiro atoms. The van der Waals surface area contributed by atoms with Gasteiger partial charge < -0.3 is 25.2 Å². The summed E-state index contributed by atoms with van der Waals surface area (Å²) in [4.78, 5) is 35.8. The average molecular weight is 411 g/mol. The Morgan fingerprint density at radius 1 is 1.03 bits per heavy atom. The smallest absolute Gasteiger partial charge is 0.408 e. The molecule has 4 aliphatic carbocycles. The van der Waals surface area contributed by atoms with Gasteiger partial charge in [0, 0.05) is 5.54 Å². The van der Waals surface area contributed by atoms with Crippen LogP contribution >= 0.6 is 0 Å². The van der Waals surface area contributed by atoms with Crippen molar-refractivity contribution in [3.8, 4) is 0 Å². The van der Waals surface area contributed by atoms with Crippen LogP contribution in [0.15, 0.2) is 0 Å². The summed E-state index contributed by atoms with van der Waals surface area (Å²) in [5, 5.41) is 14.6. The number of carbonyl (C=O) groups is 3. The van der Waals surface area contributed by atoms with Gasteiger partial charge in [-0.2, -0.15) is 0 Å². The zero-order chi connectivity index (χ0) is 21.7. The topological polar surface area (TPSA) is 114 Å². The molecule has 2 unspecified atom stereocenters. The highest BCUT2D eigenvalue weighted by Gasteiger charge is 2.60. The van der Waals surface area contributed by atoms with Gasteiger partial charge >= 0.3 is 18.2 Å². The second kappa shape index (κ2) is 7.06. The molecule has 8 nitrogen and oxygen atoms in total. The van der Waals surface area contributed by atoms with Gasteiger partial charge in [-0.3, -0.25) is 0 Å². The highest BCUT2D eigenvalue weighted by molar-refractivity contribution is 5.80. The summed E-state index contributed by atoms with van der Waals surface area (Å²) < 4.78 is 10.3. The van der Waals surface area contributed by atoms with Gasteiger partial charge in [-0.05, 0) is 76.0 Å². The highest BCUT2D eigenvalue weighted by Crippen LogP contribution is 2.66. The normalized spacial score (nSPS) is 36.2. The molecule has 3 N–H and O–H groups in total.